The molecule has 1 heterocycles. The number of carbonyl (C=O) groups is 2. The Kier molecular flexibility index (Phi) is 4.38. The molecule has 1 aromatic heterocycles. The molecule has 0 aliphatic carbocycles. The van der Waals surface area contributed by atoms with Gasteiger partial charge >= 0.3 is 0 Å². The molecule has 0 fully saturated rings. The molecule has 6 heteroatoms. The highest BCUT2D eigenvalue weighted by molar-refractivity contribution is 5.96. The number of amides is 2. The van der Waals surface area contributed by atoms with Gasteiger partial charge in [0.25, 0.3) is 0 Å². The molecule has 0 aliphatic heterocycles. The summed E-state index contributed by atoms with van der Waals surface area (Å²) >= 11 is 0. The molecule has 2 aromatic carbocycles. The van der Waals surface area contributed by atoms with E-state index in [1.807, 2.05) is 36.5 Å². The van der Waals surface area contributed by atoms with Crippen LogP contribution < -0.4 is 11.1 Å². The molecule has 0 spiro atoms. The fourth-order valence-electron chi connectivity index (χ4n) is 2.33. The Bertz CT molecular complexity index is 855. The van der Waals surface area contributed by atoms with Gasteiger partial charge in [-0.25, -0.2) is 4.68 Å². The van der Waals surface area contributed by atoms with Crippen LogP contribution in [0, 0.1) is 0 Å². The second-order valence-electron chi connectivity index (χ2n) is 5.29. The molecule has 3 rings (SSSR count). The van der Waals surface area contributed by atoms with E-state index >= 15 is 0 Å². The van der Waals surface area contributed by atoms with Crippen molar-refractivity contribution in [1.82, 2.24) is 9.78 Å². The van der Waals surface area contributed by atoms with E-state index in [1.54, 1.807) is 35.1 Å². The lowest BCUT2D eigenvalue weighted by atomic mass is 10.1. The molecule has 0 atom stereocenters. The number of carbonyl (C=O) groups excluding carboxylic acids is 2. The average Bonchev–Trinajstić information content (AvgIpc) is 3.10. The number of nitrogens with one attached hydrogen (secondary N) is 1. The third-order valence-corrected chi connectivity index (χ3v) is 3.50. The molecule has 24 heavy (non-hydrogen) atoms. The van der Waals surface area contributed by atoms with Gasteiger partial charge in [0.2, 0.25) is 11.8 Å². The first kappa shape index (κ1) is 15.5. The summed E-state index contributed by atoms with van der Waals surface area (Å²) in [7, 11) is 0. The molecule has 2 amide bonds. The van der Waals surface area contributed by atoms with Crippen LogP contribution in [-0.4, -0.2) is 21.6 Å². The van der Waals surface area contributed by atoms with Gasteiger partial charge in [-0.2, -0.15) is 5.10 Å². The topological polar surface area (TPSA) is 90.0 Å². The largest absolute Gasteiger partial charge is 0.366 e. The minimum atomic E-state index is -0.527. The van der Waals surface area contributed by atoms with E-state index in [9.17, 15) is 9.59 Å². The normalized spacial score (nSPS) is 10.3. The number of aromatic nitrogens is 2. The summed E-state index contributed by atoms with van der Waals surface area (Å²) in [6.07, 6.45) is 3.80. The summed E-state index contributed by atoms with van der Waals surface area (Å²) in [4.78, 5) is 23.3. The zero-order valence-corrected chi connectivity index (χ0v) is 12.8. The number of primary amides is 1. The predicted molar refractivity (Wildman–Crippen MR) is 90.9 cm³/mol. The lowest BCUT2D eigenvalue weighted by molar-refractivity contribution is -0.115. The zero-order valence-electron chi connectivity index (χ0n) is 12.8. The first-order chi connectivity index (χ1) is 11.6. The second-order valence-corrected chi connectivity index (χ2v) is 5.29. The third-order valence-electron chi connectivity index (χ3n) is 3.50. The Balaban J connectivity index is 1.64. The van der Waals surface area contributed by atoms with Crippen LogP contribution in [0.1, 0.15) is 15.9 Å². The molecule has 3 N–H and O–H groups in total. The van der Waals surface area contributed by atoms with Crippen LogP contribution in [-0.2, 0) is 11.2 Å². The maximum Gasteiger partial charge on any atom is 0.248 e. The Labute approximate surface area is 138 Å². The van der Waals surface area contributed by atoms with Crippen LogP contribution in [0.4, 0.5) is 5.69 Å². The standard InChI is InChI=1S/C18H16N4O2/c19-18(24)14-3-1-4-15(12-14)21-17(23)11-13-5-7-16(8-6-13)22-10-2-9-20-22/h1-10,12H,11H2,(H2,19,24)(H,21,23). The molecular formula is C18H16N4O2. The molecule has 0 radical (unpaired) electrons. The molecule has 120 valence electrons. The fraction of sp³-hybridized carbons (Fsp3) is 0.0556. The maximum absolute atomic E-state index is 12.1. The zero-order chi connectivity index (χ0) is 16.9. The van der Waals surface area contributed by atoms with Crippen molar-refractivity contribution in [3.8, 4) is 5.69 Å². The van der Waals surface area contributed by atoms with Gasteiger partial charge in [0.1, 0.15) is 0 Å². The van der Waals surface area contributed by atoms with Crippen LogP contribution >= 0.6 is 0 Å². The van der Waals surface area contributed by atoms with E-state index in [2.05, 4.69) is 10.4 Å². The SMILES string of the molecule is NC(=O)c1cccc(NC(=O)Cc2ccc(-n3cccn3)cc2)c1. The van der Waals surface area contributed by atoms with Crippen molar-refractivity contribution in [3.05, 3.63) is 78.1 Å². The number of nitrogens with zero attached hydrogens (tertiary/aromatic N) is 2. The third kappa shape index (κ3) is 3.67. The molecule has 0 saturated carbocycles. The van der Waals surface area contributed by atoms with Crippen LogP contribution in [0.25, 0.3) is 5.69 Å². The van der Waals surface area contributed by atoms with Crippen LogP contribution in [0.2, 0.25) is 0 Å². The molecule has 3 aromatic rings. The van der Waals surface area contributed by atoms with Gasteiger partial charge in [0.05, 0.1) is 12.1 Å². The van der Waals surface area contributed by atoms with Gasteiger partial charge in [0.15, 0.2) is 0 Å². The average molecular weight is 320 g/mol. The highest BCUT2D eigenvalue weighted by Gasteiger charge is 2.07. The number of hydrogen-bond donors (Lipinski definition) is 2. The van der Waals surface area contributed by atoms with E-state index < -0.39 is 5.91 Å². The van der Waals surface area contributed by atoms with Crippen LogP contribution in [0.3, 0.4) is 0 Å². The van der Waals surface area contributed by atoms with Crippen LogP contribution in [0.5, 0.6) is 0 Å². The van der Waals surface area contributed by atoms with Gasteiger partial charge < -0.3 is 11.1 Å². The maximum atomic E-state index is 12.1. The molecular weight excluding hydrogens is 304 g/mol. The number of hydrogen-bond acceptors (Lipinski definition) is 3. The molecule has 6 nitrogen and oxygen atoms in total. The Morgan fingerprint density at radius 1 is 1.08 bits per heavy atom. The summed E-state index contributed by atoms with van der Waals surface area (Å²) in [5, 5.41) is 6.92. The highest BCUT2D eigenvalue weighted by atomic mass is 16.2. The highest BCUT2D eigenvalue weighted by Crippen LogP contribution is 2.12. The first-order valence-electron chi connectivity index (χ1n) is 7.40. The fourth-order valence-corrected chi connectivity index (χ4v) is 2.33. The van der Waals surface area contributed by atoms with E-state index in [-0.39, 0.29) is 12.3 Å². The van der Waals surface area contributed by atoms with E-state index in [0.29, 0.717) is 11.3 Å². The van der Waals surface area contributed by atoms with Crippen molar-refractivity contribution in [2.24, 2.45) is 5.73 Å². The van der Waals surface area contributed by atoms with Crippen molar-refractivity contribution in [2.45, 2.75) is 6.42 Å². The van der Waals surface area contributed by atoms with Crippen LogP contribution in [0.15, 0.2) is 67.0 Å². The summed E-state index contributed by atoms with van der Waals surface area (Å²) in [5.41, 5.74) is 7.95. The van der Waals surface area contributed by atoms with Gasteiger partial charge in [-0.1, -0.05) is 18.2 Å². The quantitative estimate of drug-likeness (QED) is 0.755. The number of rotatable bonds is 5. The van der Waals surface area contributed by atoms with Gasteiger partial charge in [-0.3, -0.25) is 9.59 Å². The summed E-state index contributed by atoms with van der Waals surface area (Å²) < 4.78 is 1.75. The van der Waals surface area contributed by atoms with Crippen molar-refractivity contribution < 1.29 is 9.59 Å². The van der Waals surface area contributed by atoms with E-state index in [4.69, 9.17) is 5.73 Å². The van der Waals surface area contributed by atoms with E-state index in [0.717, 1.165) is 11.3 Å². The minimum Gasteiger partial charge on any atom is -0.366 e. The monoisotopic (exact) mass is 320 g/mol. The molecule has 0 saturated heterocycles. The summed E-state index contributed by atoms with van der Waals surface area (Å²) in [5.74, 6) is -0.691. The Hall–Kier alpha value is -3.41. The smallest absolute Gasteiger partial charge is 0.248 e. The van der Waals surface area contributed by atoms with Gasteiger partial charge in [-0.15, -0.1) is 0 Å². The molecule has 0 aliphatic rings. The second kappa shape index (κ2) is 6.78. The molecule has 0 unspecified atom stereocenters. The van der Waals surface area contributed by atoms with E-state index in [1.165, 1.54) is 0 Å². The number of nitrogens with two attached hydrogens (primary N) is 1. The van der Waals surface area contributed by atoms with Crippen molar-refractivity contribution in [1.29, 1.82) is 0 Å². The summed E-state index contributed by atoms with van der Waals surface area (Å²) in [6.45, 7) is 0. The van der Waals surface area contributed by atoms with Gasteiger partial charge in [0, 0.05) is 23.6 Å². The Morgan fingerprint density at radius 3 is 2.54 bits per heavy atom. The number of anilines is 1. The lowest BCUT2D eigenvalue weighted by Crippen LogP contribution is -2.16. The predicted octanol–water partition coefficient (Wildman–Crippen LogP) is 2.15. The van der Waals surface area contributed by atoms with Gasteiger partial charge in [-0.05, 0) is 42.0 Å². The Morgan fingerprint density at radius 2 is 1.88 bits per heavy atom. The van der Waals surface area contributed by atoms with Crippen molar-refractivity contribution in [2.75, 3.05) is 5.32 Å². The summed E-state index contributed by atoms with van der Waals surface area (Å²) in [6, 6.07) is 16.0. The molecule has 0 bridgehead atoms. The number of benzene rings is 2. The minimum absolute atomic E-state index is 0.163. The lowest BCUT2D eigenvalue weighted by Gasteiger charge is -2.07. The van der Waals surface area contributed by atoms with Crippen molar-refractivity contribution in [3.63, 3.8) is 0 Å². The van der Waals surface area contributed by atoms with Crippen molar-refractivity contribution >= 4 is 17.5 Å². The first-order valence-corrected chi connectivity index (χ1v) is 7.40.